The summed E-state index contributed by atoms with van der Waals surface area (Å²) in [5.74, 6) is 2.57. The second-order valence-corrected chi connectivity index (χ2v) is 6.25. The van der Waals surface area contributed by atoms with Gasteiger partial charge in [-0.1, -0.05) is 6.07 Å². The molecule has 0 saturated heterocycles. The number of nitrogens with one attached hydrogen (secondary N) is 3. The Labute approximate surface area is 172 Å². The van der Waals surface area contributed by atoms with Crippen LogP contribution in [0.25, 0.3) is 11.2 Å². The van der Waals surface area contributed by atoms with Crippen molar-refractivity contribution in [2.75, 3.05) is 32.0 Å². The van der Waals surface area contributed by atoms with Crippen LogP contribution in [-0.4, -0.2) is 46.2 Å². The Morgan fingerprint density at radius 1 is 1.03 bits per heavy atom. The number of nitrogens with zero attached hydrogens (tertiary/aromatic N) is 4. The van der Waals surface area contributed by atoms with Crippen molar-refractivity contribution >= 4 is 28.6 Å². The van der Waals surface area contributed by atoms with Crippen molar-refractivity contribution in [3.05, 3.63) is 48.5 Å². The Kier molecular flexibility index (Phi) is 5.46. The van der Waals surface area contributed by atoms with Crippen LogP contribution in [0.2, 0.25) is 0 Å². The lowest BCUT2D eigenvalue weighted by atomic mass is 10.2. The SMILES string of the molecule is COc1cc(Nc2nc(NCc3cccnc3)nc3nc[nH]c23)cc(OC)c1OC. The fourth-order valence-corrected chi connectivity index (χ4v) is 2.98. The minimum Gasteiger partial charge on any atom is -0.493 e. The topological polar surface area (TPSA) is 119 Å². The van der Waals surface area contributed by atoms with Crippen molar-refractivity contribution in [1.29, 1.82) is 0 Å². The van der Waals surface area contributed by atoms with Crippen LogP contribution in [0, 0.1) is 0 Å². The predicted octanol–water partition coefficient (Wildman–Crippen LogP) is 3.13. The first kappa shape index (κ1) is 19.2. The van der Waals surface area contributed by atoms with E-state index >= 15 is 0 Å². The number of aromatic amines is 1. The highest BCUT2D eigenvalue weighted by atomic mass is 16.5. The van der Waals surface area contributed by atoms with Gasteiger partial charge in [-0.25, -0.2) is 4.98 Å². The molecular formula is C20H21N7O3. The van der Waals surface area contributed by atoms with E-state index in [1.807, 2.05) is 12.1 Å². The van der Waals surface area contributed by atoms with E-state index in [1.165, 1.54) is 0 Å². The predicted molar refractivity (Wildman–Crippen MR) is 113 cm³/mol. The Morgan fingerprint density at radius 2 is 1.83 bits per heavy atom. The van der Waals surface area contributed by atoms with E-state index in [0.717, 1.165) is 5.56 Å². The molecule has 0 saturated carbocycles. The average Bonchev–Trinajstić information content (AvgIpc) is 3.26. The first-order chi connectivity index (χ1) is 14.7. The molecule has 0 aliphatic carbocycles. The molecule has 30 heavy (non-hydrogen) atoms. The summed E-state index contributed by atoms with van der Waals surface area (Å²) < 4.78 is 16.2. The van der Waals surface area contributed by atoms with Gasteiger partial charge in [0.1, 0.15) is 5.52 Å². The van der Waals surface area contributed by atoms with Gasteiger partial charge >= 0.3 is 0 Å². The van der Waals surface area contributed by atoms with Crippen LogP contribution < -0.4 is 24.8 Å². The van der Waals surface area contributed by atoms with Crippen molar-refractivity contribution < 1.29 is 14.2 Å². The summed E-state index contributed by atoms with van der Waals surface area (Å²) in [6.45, 7) is 0.535. The lowest BCUT2D eigenvalue weighted by Gasteiger charge is -2.15. The van der Waals surface area contributed by atoms with Crippen LogP contribution in [0.1, 0.15) is 5.56 Å². The standard InChI is InChI=1S/C20H21N7O3/c1-28-14-7-13(8-15(29-2)17(14)30-3)25-19-16-18(24-11-23-16)26-20(27-19)22-10-12-5-4-6-21-9-12/h4-9,11H,10H2,1-3H3,(H3,22,23,24,25,26,27). The number of hydrogen-bond acceptors (Lipinski definition) is 9. The first-order valence-corrected chi connectivity index (χ1v) is 9.12. The zero-order chi connectivity index (χ0) is 20.9. The first-order valence-electron chi connectivity index (χ1n) is 9.12. The van der Waals surface area contributed by atoms with E-state index in [9.17, 15) is 0 Å². The molecule has 0 spiro atoms. The van der Waals surface area contributed by atoms with E-state index in [-0.39, 0.29) is 0 Å². The molecule has 0 bridgehead atoms. The number of methoxy groups -OCH3 is 3. The fraction of sp³-hybridized carbons (Fsp3) is 0.200. The second-order valence-electron chi connectivity index (χ2n) is 6.25. The maximum absolute atomic E-state index is 5.42. The van der Waals surface area contributed by atoms with Crippen molar-refractivity contribution in [3.8, 4) is 17.2 Å². The van der Waals surface area contributed by atoms with Gasteiger partial charge in [-0.05, 0) is 11.6 Å². The van der Waals surface area contributed by atoms with Crippen LogP contribution in [0.3, 0.4) is 0 Å². The third kappa shape index (κ3) is 3.88. The molecule has 0 fully saturated rings. The molecule has 3 aromatic heterocycles. The zero-order valence-corrected chi connectivity index (χ0v) is 16.8. The van der Waals surface area contributed by atoms with Gasteiger partial charge in [0.05, 0.1) is 27.7 Å². The molecule has 1 aromatic carbocycles. The maximum atomic E-state index is 5.42. The van der Waals surface area contributed by atoms with Gasteiger partial charge < -0.3 is 29.8 Å². The summed E-state index contributed by atoms with van der Waals surface area (Å²) in [7, 11) is 4.70. The molecule has 3 N–H and O–H groups in total. The largest absolute Gasteiger partial charge is 0.493 e. The third-order valence-corrected chi connectivity index (χ3v) is 4.39. The molecule has 4 rings (SSSR count). The number of hydrogen-bond donors (Lipinski definition) is 3. The van der Waals surface area contributed by atoms with Gasteiger partial charge in [0.15, 0.2) is 23.0 Å². The van der Waals surface area contributed by atoms with Crippen LogP contribution in [-0.2, 0) is 6.54 Å². The molecule has 0 amide bonds. The van der Waals surface area contributed by atoms with E-state index < -0.39 is 0 Å². The number of pyridine rings is 1. The van der Waals surface area contributed by atoms with E-state index in [1.54, 1.807) is 52.2 Å². The number of H-pyrrole nitrogens is 1. The number of aromatic nitrogens is 5. The third-order valence-electron chi connectivity index (χ3n) is 4.39. The Balaban J connectivity index is 1.66. The van der Waals surface area contributed by atoms with Gasteiger partial charge in [0.25, 0.3) is 0 Å². The normalized spacial score (nSPS) is 10.6. The fourth-order valence-electron chi connectivity index (χ4n) is 2.98. The van der Waals surface area contributed by atoms with Gasteiger partial charge in [0, 0.05) is 36.8 Å². The van der Waals surface area contributed by atoms with E-state index in [2.05, 4.69) is 35.6 Å². The summed E-state index contributed by atoms with van der Waals surface area (Å²) >= 11 is 0. The van der Waals surface area contributed by atoms with E-state index in [4.69, 9.17) is 14.2 Å². The summed E-state index contributed by atoms with van der Waals surface area (Å²) in [5, 5.41) is 6.49. The molecule has 0 aliphatic rings. The molecule has 0 atom stereocenters. The van der Waals surface area contributed by atoms with Crippen molar-refractivity contribution in [2.45, 2.75) is 6.54 Å². The van der Waals surface area contributed by atoms with Gasteiger partial charge in [0.2, 0.25) is 11.7 Å². The van der Waals surface area contributed by atoms with Crippen LogP contribution in [0.5, 0.6) is 17.2 Å². The van der Waals surface area contributed by atoms with E-state index in [0.29, 0.717) is 52.4 Å². The number of ether oxygens (including phenoxy) is 3. The Morgan fingerprint density at radius 3 is 2.50 bits per heavy atom. The van der Waals surface area contributed by atoms with Crippen LogP contribution >= 0.6 is 0 Å². The highest BCUT2D eigenvalue weighted by Gasteiger charge is 2.16. The van der Waals surface area contributed by atoms with Crippen LogP contribution in [0.4, 0.5) is 17.5 Å². The minimum atomic E-state index is 0.438. The minimum absolute atomic E-state index is 0.438. The summed E-state index contributed by atoms with van der Waals surface area (Å²) in [6, 6.07) is 7.46. The number of fused-ring (bicyclic) bond motifs is 1. The summed E-state index contributed by atoms with van der Waals surface area (Å²) in [4.78, 5) is 20.5. The highest BCUT2D eigenvalue weighted by molar-refractivity contribution is 5.86. The quantitative estimate of drug-likeness (QED) is 0.405. The molecule has 0 unspecified atom stereocenters. The number of imidazole rings is 1. The van der Waals surface area contributed by atoms with Crippen LogP contribution in [0.15, 0.2) is 43.0 Å². The Hall–Kier alpha value is -4.08. The molecule has 4 aromatic rings. The number of anilines is 3. The van der Waals surface area contributed by atoms with Gasteiger partial charge in [-0.15, -0.1) is 0 Å². The molecule has 10 heteroatoms. The molecule has 0 aliphatic heterocycles. The molecule has 0 radical (unpaired) electrons. The Bertz CT molecular complexity index is 1120. The summed E-state index contributed by atoms with van der Waals surface area (Å²) in [5.41, 5.74) is 2.93. The lowest BCUT2D eigenvalue weighted by Crippen LogP contribution is -2.06. The molecular weight excluding hydrogens is 386 g/mol. The van der Waals surface area contributed by atoms with Crippen molar-refractivity contribution in [1.82, 2.24) is 24.9 Å². The summed E-state index contributed by atoms with van der Waals surface area (Å²) in [6.07, 6.45) is 5.09. The molecule has 10 nitrogen and oxygen atoms in total. The second kappa shape index (κ2) is 8.52. The average molecular weight is 407 g/mol. The van der Waals surface area contributed by atoms with Crippen molar-refractivity contribution in [2.24, 2.45) is 0 Å². The smallest absolute Gasteiger partial charge is 0.227 e. The number of rotatable bonds is 8. The van der Waals surface area contributed by atoms with Gasteiger partial charge in [-0.2, -0.15) is 9.97 Å². The van der Waals surface area contributed by atoms with Crippen molar-refractivity contribution in [3.63, 3.8) is 0 Å². The van der Waals surface area contributed by atoms with Gasteiger partial charge in [-0.3, -0.25) is 4.98 Å². The molecule has 154 valence electrons. The zero-order valence-electron chi connectivity index (χ0n) is 16.8. The highest BCUT2D eigenvalue weighted by Crippen LogP contribution is 2.40. The maximum Gasteiger partial charge on any atom is 0.227 e. The lowest BCUT2D eigenvalue weighted by molar-refractivity contribution is 0.324. The monoisotopic (exact) mass is 407 g/mol. The molecule has 3 heterocycles. The number of benzene rings is 1.